The molecule has 2 aromatic rings. The second kappa shape index (κ2) is 9.15. The Labute approximate surface area is 190 Å². The maximum atomic E-state index is 13.1. The van der Waals surface area contributed by atoms with Gasteiger partial charge in [0.2, 0.25) is 10.0 Å². The summed E-state index contributed by atoms with van der Waals surface area (Å²) in [7, 11) is -0.236. The van der Waals surface area contributed by atoms with Crippen molar-refractivity contribution < 1.29 is 17.9 Å². The Morgan fingerprint density at radius 3 is 2.69 bits per heavy atom. The van der Waals surface area contributed by atoms with Crippen molar-refractivity contribution in [1.82, 2.24) is 14.2 Å². The lowest BCUT2D eigenvalue weighted by Crippen LogP contribution is -2.39. The van der Waals surface area contributed by atoms with Gasteiger partial charge in [-0.3, -0.25) is 4.79 Å². The number of hydrogen-bond acceptors (Lipinski definition) is 5. The van der Waals surface area contributed by atoms with E-state index >= 15 is 0 Å². The Bertz CT molecular complexity index is 1080. The van der Waals surface area contributed by atoms with Crippen molar-refractivity contribution in [2.45, 2.75) is 37.1 Å². The van der Waals surface area contributed by atoms with Gasteiger partial charge in [-0.05, 0) is 43.4 Å². The predicted molar refractivity (Wildman–Crippen MR) is 124 cm³/mol. The maximum absolute atomic E-state index is 13.1. The average Bonchev–Trinajstić information content (AvgIpc) is 3.40. The van der Waals surface area contributed by atoms with Crippen molar-refractivity contribution in [3.05, 3.63) is 42.2 Å². The van der Waals surface area contributed by atoms with Crippen LogP contribution in [0.25, 0.3) is 0 Å². The molecule has 2 aliphatic rings. The van der Waals surface area contributed by atoms with Crippen molar-refractivity contribution in [2.24, 2.45) is 13.0 Å². The highest BCUT2D eigenvalue weighted by Crippen LogP contribution is 2.30. The standard InChI is InChI=1S/C23H32N4O4S/c1-17-7-6-11-27(14-17)32(29,30)19-13-21(25(2)16-19)23(28)24-18-10-12-26(15-18)20-8-4-5-9-22(20)31-3/h4-5,8-9,13,16-18H,6-7,10-12,14-15H2,1-3H3,(H,24,28). The molecule has 0 aliphatic carbocycles. The molecule has 2 fully saturated rings. The molecule has 0 spiro atoms. The fourth-order valence-electron chi connectivity index (χ4n) is 4.66. The van der Waals surface area contributed by atoms with Crippen LogP contribution < -0.4 is 15.0 Å². The zero-order chi connectivity index (χ0) is 22.9. The Balaban J connectivity index is 1.44. The molecule has 1 aromatic carbocycles. The van der Waals surface area contributed by atoms with Gasteiger partial charge in [0, 0.05) is 45.5 Å². The van der Waals surface area contributed by atoms with Crippen molar-refractivity contribution in [3.8, 4) is 5.75 Å². The molecule has 2 atom stereocenters. The van der Waals surface area contributed by atoms with Gasteiger partial charge in [0.1, 0.15) is 16.3 Å². The number of ether oxygens (including phenoxy) is 1. The number of carbonyl (C=O) groups excluding carboxylic acids is 1. The number of benzene rings is 1. The molecule has 1 aromatic heterocycles. The summed E-state index contributed by atoms with van der Waals surface area (Å²) < 4.78 is 34.8. The van der Waals surface area contributed by atoms with Gasteiger partial charge in [-0.1, -0.05) is 19.1 Å². The third-order valence-corrected chi connectivity index (χ3v) is 8.25. The van der Waals surface area contributed by atoms with Gasteiger partial charge >= 0.3 is 0 Å². The van der Waals surface area contributed by atoms with Crippen LogP contribution in [-0.4, -0.2) is 62.5 Å². The molecule has 32 heavy (non-hydrogen) atoms. The lowest BCUT2D eigenvalue weighted by Gasteiger charge is -2.29. The molecule has 0 radical (unpaired) electrons. The molecule has 3 heterocycles. The van der Waals surface area contributed by atoms with Crippen molar-refractivity contribution >= 4 is 21.6 Å². The highest BCUT2D eigenvalue weighted by Gasteiger charge is 2.31. The third kappa shape index (κ3) is 4.49. The highest BCUT2D eigenvalue weighted by molar-refractivity contribution is 7.89. The Hall–Kier alpha value is -2.52. The normalized spacial score (nSPS) is 22.2. The largest absolute Gasteiger partial charge is 0.495 e. The monoisotopic (exact) mass is 460 g/mol. The van der Waals surface area contributed by atoms with Crippen LogP contribution in [0.2, 0.25) is 0 Å². The Morgan fingerprint density at radius 1 is 1.16 bits per heavy atom. The first-order chi connectivity index (χ1) is 15.3. The van der Waals surface area contributed by atoms with Crippen LogP contribution in [0.5, 0.6) is 5.75 Å². The lowest BCUT2D eigenvalue weighted by molar-refractivity contribution is 0.0932. The highest BCUT2D eigenvalue weighted by atomic mass is 32.2. The molecular formula is C23H32N4O4S. The number of sulfonamides is 1. The van der Waals surface area contributed by atoms with E-state index < -0.39 is 10.0 Å². The lowest BCUT2D eigenvalue weighted by atomic mass is 10.0. The predicted octanol–water partition coefficient (Wildman–Crippen LogP) is 2.46. The van der Waals surface area contributed by atoms with E-state index in [1.54, 1.807) is 29.2 Å². The zero-order valence-corrected chi connectivity index (χ0v) is 19.8. The molecule has 1 N–H and O–H groups in total. The maximum Gasteiger partial charge on any atom is 0.268 e. The number of aryl methyl sites for hydroxylation is 1. The second-order valence-electron chi connectivity index (χ2n) is 8.86. The summed E-state index contributed by atoms with van der Waals surface area (Å²) in [5.74, 6) is 0.898. The van der Waals surface area contributed by atoms with E-state index in [0.29, 0.717) is 31.2 Å². The van der Waals surface area contributed by atoms with Gasteiger partial charge in [0.15, 0.2) is 0 Å². The summed E-state index contributed by atoms with van der Waals surface area (Å²) in [6, 6.07) is 9.32. The summed E-state index contributed by atoms with van der Waals surface area (Å²) >= 11 is 0. The minimum Gasteiger partial charge on any atom is -0.495 e. The number of anilines is 1. The van der Waals surface area contributed by atoms with Gasteiger partial charge in [0.05, 0.1) is 12.8 Å². The van der Waals surface area contributed by atoms with Crippen LogP contribution in [0.3, 0.4) is 0 Å². The second-order valence-corrected chi connectivity index (χ2v) is 10.8. The fraction of sp³-hybridized carbons (Fsp3) is 0.522. The topological polar surface area (TPSA) is 83.9 Å². The Morgan fingerprint density at radius 2 is 1.94 bits per heavy atom. The van der Waals surface area contributed by atoms with Crippen LogP contribution in [0.15, 0.2) is 41.4 Å². The van der Waals surface area contributed by atoms with Crippen LogP contribution in [-0.2, 0) is 17.1 Å². The smallest absolute Gasteiger partial charge is 0.268 e. The first-order valence-corrected chi connectivity index (χ1v) is 12.6. The number of methoxy groups -OCH3 is 1. The zero-order valence-electron chi connectivity index (χ0n) is 19.0. The quantitative estimate of drug-likeness (QED) is 0.716. The van der Waals surface area contributed by atoms with E-state index in [0.717, 1.165) is 37.2 Å². The van der Waals surface area contributed by atoms with E-state index in [-0.39, 0.29) is 16.8 Å². The van der Waals surface area contributed by atoms with Crippen LogP contribution in [0.4, 0.5) is 5.69 Å². The number of amides is 1. The molecule has 2 aliphatic heterocycles. The molecular weight excluding hydrogens is 428 g/mol. The van der Waals surface area contributed by atoms with Crippen molar-refractivity contribution in [1.29, 1.82) is 0 Å². The van der Waals surface area contributed by atoms with Crippen LogP contribution in [0.1, 0.15) is 36.7 Å². The van der Waals surface area contributed by atoms with Crippen LogP contribution in [0, 0.1) is 5.92 Å². The fourth-order valence-corrected chi connectivity index (χ4v) is 6.33. The SMILES string of the molecule is COc1ccccc1N1CCC(NC(=O)c2cc(S(=O)(=O)N3CCCC(C)C3)cn2C)C1. The third-order valence-electron chi connectivity index (χ3n) is 6.42. The molecule has 0 bridgehead atoms. The number of aromatic nitrogens is 1. The average molecular weight is 461 g/mol. The molecule has 8 nitrogen and oxygen atoms in total. The summed E-state index contributed by atoms with van der Waals surface area (Å²) in [5.41, 5.74) is 1.36. The summed E-state index contributed by atoms with van der Waals surface area (Å²) in [6.07, 6.45) is 4.26. The Kier molecular flexibility index (Phi) is 6.48. The minimum atomic E-state index is -3.60. The molecule has 1 amide bonds. The number of rotatable bonds is 6. The molecule has 4 rings (SSSR count). The van der Waals surface area contributed by atoms with E-state index in [2.05, 4.69) is 17.1 Å². The molecule has 0 saturated carbocycles. The van der Waals surface area contributed by atoms with Gasteiger partial charge in [-0.25, -0.2) is 8.42 Å². The van der Waals surface area contributed by atoms with Crippen LogP contribution >= 0.6 is 0 Å². The summed E-state index contributed by atoms with van der Waals surface area (Å²) in [5, 5.41) is 3.07. The van der Waals surface area contributed by atoms with E-state index in [4.69, 9.17) is 4.74 Å². The van der Waals surface area contributed by atoms with Crippen molar-refractivity contribution in [2.75, 3.05) is 38.2 Å². The number of para-hydroxylation sites is 2. The summed E-state index contributed by atoms with van der Waals surface area (Å²) in [4.78, 5) is 15.4. The van der Waals surface area contributed by atoms with E-state index in [9.17, 15) is 13.2 Å². The molecule has 2 saturated heterocycles. The minimum absolute atomic E-state index is 0.0229. The molecule has 9 heteroatoms. The van der Waals surface area contributed by atoms with E-state index in [1.807, 2.05) is 24.3 Å². The molecule has 174 valence electrons. The number of piperidine rings is 1. The molecule has 2 unspecified atom stereocenters. The first kappa shape index (κ1) is 22.7. The number of hydrogen-bond donors (Lipinski definition) is 1. The van der Waals surface area contributed by atoms with Gasteiger partial charge in [-0.15, -0.1) is 0 Å². The first-order valence-electron chi connectivity index (χ1n) is 11.1. The number of carbonyl (C=O) groups is 1. The number of nitrogens with one attached hydrogen (secondary N) is 1. The van der Waals surface area contributed by atoms with Gasteiger partial charge < -0.3 is 19.5 Å². The van der Waals surface area contributed by atoms with Crippen molar-refractivity contribution in [3.63, 3.8) is 0 Å². The number of nitrogens with zero attached hydrogens (tertiary/aromatic N) is 3. The van der Waals surface area contributed by atoms with Gasteiger partial charge in [-0.2, -0.15) is 4.31 Å². The summed E-state index contributed by atoms with van der Waals surface area (Å²) in [6.45, 7) is 4.61. The van der Waals surface area contributed by atoms with E-state index in [1.165, 1.54) is 6.07 Å². The van der Waals surface area contributed by atoms with Gasteiger partial charge in [0.25, 0.3) is 5.91 Å².